The van der Waals surface area contributed by atoms with E-state index in [1.54, 1.807) is 18.2 Å². The molecule has 1 fully saturated rings. The van der Waals surface area contributed by atoms with Gasteiger partial charge in [-0.1, -0.05) is 58.2 Å². The predicted octanol–water partition coefficient (Wildman–Crippen LogP) is 4.87. The van der Waals surface area contributed by atoms with Crippen LogP contribution >= 0.6 is 23.2 Å². The van der Waals surface area contributed by atoms with Crippen LogP contribution in [-0.4, -0.2) is 52.0 Å². The highest BCUT2D eigenvalue weighted by molar-refractivity contribution is 6.35. The van der Waals surface area contributed by atoms with Gasteiger partial charge in [0.25, 0.3) is 5.91 Å². The van der Waals surface area contributed by atoms with Gasteiger partial charge in [0.05, 0.1) is 6.04 Å². The molecule has 4 rings (SSSR count). The van der Waals surface area contributed by atoms with Crippen LogP contribution in [0.1, 0.15) is 34.8 Å². The summed E-state index contributed by atoms with van der Waals surface area (Å²) in [5, 5.41) is 5.04. The molecule has 1 saturated heterocycles. The zero-order valence-corrected chi connectivity index (χ0v) is 18.3. The Morgan fingerprint density at radius 1 is 1.03 bits per heavy atom. The van der Waals surface area contributed by atoms with Gasteiger partial charge in [-0.2, -0.15) is 4.98 Å². The van der Waals surface area contributed by atoms with Gasteiger partial charge >= 0.3 is 0 Å². The smallest absolute Gasteiger partial charge is 0.254 e. The number of halogens is 2. The molecular formula is C22H22Cl2N4O2. The molecule has 1 aromatic heterocycles. The minimum Gasteiger partial charge on any atom is -0.337 e. The van der Waals surface area contributed by atoms with E-state index < -0.39 is 0 Å². The summed E-state index contributed by atoms with van der Waals surface area (Å²) < 4.78 is 5.52. The van der Waals surface area contributed by atoms with Crippen molar-refractivity contribution in [2.75, 3.05) is 26.2 Å². The lowest BCUT2D eigenvalue weighted by Crippen LogP contribution is -2.49. The van der Waals surface area contributed by atoms with Crippen LogP contribution < -0.4 is 0 Å². The van der Waals surface area contributed by atoms with Crippen LogP contribution in [0, 0.1) is 6.92 Å². The van der Waals surface area contributed by atoms with Crippen LogP contribution in [0.2, 0.25) is 10.0 Å². The van der Waals surface area contributed by atoms with Crippen molar-refractivity contribution in [3.8, 4) is 11.4 Å². The fourth-order valence-corrected chi connectivity index (χ4v) is 4.08. The number of aryl methyl sites for hydroxylation is 1. The number of aromatic nitrogens is 2. The van der Waals surface area contributed by atoms with Crippen LogP contribution in [0.4, 0.5) is 0 Å². The molecule has 0 aliphatic carbocycles. The average molecular weight is 445 g/mol. The van der Waals surface area contributed by atoms with Crippen LogP contribution in [0.5, 0.6) is 0 Å². The Morgan fingerprint density at radius 2 is 1.67 bits per heavy atom. The number of nitrogens with zero attached hydrogens (tertiary/aromatic N) is 4. The summed E-state index contributed by atoms with van der Waals surface area (Å²) in [5.41, 5.74) is 2.62. The molecule has 1 aliphatic heterocycles. The second kappa shape index (κ2) is 8.76. The number of benzene rings is 2. The second-order valence-electron chi connectivity index (χ2n) is 7.48. The molecule has 0 saturated carbocycles. The maximum Gasteiger partial charge on any atom is 0.254 e. The molecule has 1 amide bonds. The van der Waals surface area contributed by atoms with Gasteiger partial charge in [-0.25, -0.2) is 0 Å². The Labute approximate surface area is 185 Å². The molecule has 0 radical (unpaired) electrons. The van der Waals surface area contributed by atoms with Crippen molar-refractivity contribution in [1.82, 2.24) is 19.9 Å². The third kappa shape index (κ3) is 4.51. The van der Waals surface area contributed by atoms with Crippen LogP contribution in [0.15, 0.2) is 47.0 Å². The van der Waals surface area contributed by atoms with Crippen LogP contribution in [0.3, 0.4) is 0 Å². The van der Waals surface area contributed by atoms with Crippen LogP contribution in [0.25, 0.3) is 11.4 Å². The average Bonchev–Trinajstić information content (AvgIpc) is 3.23. The Morgan fingerprint density at radius 3 is 2.30 bits per heavy atom. The minimum atomic E-state index is -0.0637. The number of hydrogen-bond donors (Lipinski definition) is 0. The lowest BCUT2D eigenvalue weighted by Gasteiger charge is -2.36. The van der Waals surface area contributed by atoms with E-state index in [0.29, 0.717) is 53.5 Å². The van der Waals surface area contributed by atoms with Crippen molar-refractivity contribution in [1.29, 1.82) is 0 Å². The highest BCUT2D eigenvalue weighted by Crippen LogP contribution is 2.25. The van der Waals surface area contributed by atoms with Crippen molar-refractivity contribution < 1.29 is 9.32 Å². The lowest BCUT2D eigenvalue weighted by atomic mass is 10.1. The molecule has 30 heavy (non-hydrogen) atoms. The van der Waals surface area contributed by atoms with E-state index in [0.717, 1.165) is 5.56 Å². The predicted molar refractivity (Wildman–Crippen MR) is 117 cm³/mol. The molecule has 0 spiro atoms. The monoisotopic (exact) mass is 444 g/mol. The first-order valence-corrected chi connectivity index (χ1v) is 10.6. The maximum atomic E-state index is 12.8. The first-order valence-electron chi connectivity index (χ1n) is 9.81. The Balaban J connectivity index is 1.39. The summed E-state index contributed by atoms with van der Waals surface area (Å²) >= 11 is 12.1. The Bertz CT molecular complexity index is 1020. The molecule has 1 aliphatic rings. The molecule has 8 heteroatoms. The van der Waals surface area contributed by atoms with Crippen LogP contribution in [-0.2, 0) is 0 Å². The molecule has 156 valence electrons. The number of carbonyl (C=O) groups excluding carboxylic acids is 1. The Kier molecular flexibility index (Phi) is 6.09. The van der Waals surface area contributed by atoms with Gasteiger partial charge in [-0.05, 0) is 32.0 Å². The summed E-state index contributed by atoms with van der Waals surface area (Å²) in [6.45, 7) is 6.71. The van der Waals surface area contributed by atoms with Gasteiger partial charge in [-0.15, -0.1) is 0 Å². The van der Waals surface area contributed by atoms with E-state index in [9.17, 15) is 4.79 Å². The SMILES string of the molecule is Cc1ccc(-c2noc(C(C)N3CCN(C(=O)c4cc(Cl)cc(Cl)c4)CC3)n2)cc1. The van der Waals surface area contributed by atoms with E-state index in [-0.39, 0.29) is 11.9 Å². The zero-order chi connectivity index (χ0) is 21.3. The fraction of sp³-hybridized carbons (Fsp3) is 0.318. The number of rotatable bonds is 4. The fourth-order valence-electron chi connectivity index (χ4n) is 3.55. The molecule has 3 aromatic rings. The molecule has 2 aromatic carbocycles. The number of amides is 1. The molecular weight excluding hydrogens is 423 g/mol. The van der Waals surface area contributed by atoms with Gasteiger partial charge in [-0.3, -0.25) is 9.69 Å². The van der Waals surface area contributed by atoms with Gasteiger partial charge in [0.15, 0.2) is 0 Å². The standard InChI is InChI=1S/C22H22Cl2N4O2/c1-14-3-5-16(6-4-14)20-25-21(30-26-20)15(2)27-7-9-28(10-8-27)22(29)17-11-18(23)13-19(24)12-17/h3-6,11-13,15H,7-10H2,1-2H3. The first kappa shape index (κ1) is 20.8. The zero-order valence-electron chi connectivity index (χ0n) is 16.8. The van der Waals surface area contributed by atoms with Crippen molar-refractivity contribution in [2.24, 2.45) is 0 Å². The molecule has 0 bridgehead atoms. The third-order valence-electron chi connectivity index (χ3n) is 5.37. The maximum absolute atomic E-state index is 12.8. The number of carbonyl (C=O) groups is 1. The topological polar surface area (TPSA) is 62.5 Å². The molecule has 1 unspecified atom stereocenters. The third-order valence-corrected chi connectivity index (χ3v) is 5.80. The van der Waals surface area contributed by atoms with Gasteiger partial charge in [0, 0.05) is 47.4 Å². The van der Waals surface area contributed by atoms with E-state index >= 15 is 0 Å². The second-order valence-corrected chi connectivity index (χ2v) is 8.36. The quantitative estimate of drug-likeness (QED) is 0.574. The van der Waals surface area contributed by atoms with Gasteiger partial charge in [0.1, 0.15) is 0 Å². The summed E-state index contributed by atoms with van der Waals surface area (Å²) in [4.78, 5) is 21.4. The summed E-state index contributed by atoms with van der Waals surface area (Å²) in [5.74, 6) is 1.10. The summed E-state index contributed by atoms with van der Waals surface area (Å²) in [7, 11) is 0. The van der Waals surface area contributed by atoms with E-state index in [2.05, 4.69) is 15.0 Å². The van der Waals surface area contributed by atoms with E-state index in [4.69, 9.17) is 27.7 Å². The van der Waals surface area contributed by atoms with Crippen molar-refractivity contribution in [3.05, 3.63) is 69.5 Å². The minimum absolute atomic E-state index is 0.0328. The Hall–Kier alpha value is -2.41. The number of hydrogen-bond acceptors (Lipinski definition) is 5. The highest BCUT2D eigenvalue weighted by Gasteiger charge is 2.28. The summed E-state index contributed by atoms with van der Waals surface area (Å²) in [6, 6.07) is 12.9. The highest BCUT2D eigenvalue weighted by atomic mass is 35.5. The van der Waals surface area contributed by atoms with Crippen molar-refractivity contribution >= 4 is 29.1 Å². The largest absolute Gasteiger partial charge is 0.337 e. The summed E-state index contributed by atoms with van der Waals surface area (Å²) in [6.07, 6.45) is 0. The van der Waals surface area contributed by atoms with E-state index in [1.165, 1.54) is 5.56 Å². The molecule has 1 atom stereocenters. The molecule has 0 N–H and O–H groups in total. The molecule has 6 nitrogen and oxygen atoms in total. The van der Waals surface area contributed by atoms with Gasteiger partial charge < -0.3 is 9.42 Å². The number of piperazine rings is 1. The molecule has 2 heterocycles. The normalized spacial score (nSPS) is 15.9. The first-order chi connectivity index (χ1) is 14.4. The van der Waals surface area contributed by atoms with Gasteiger partial charge in [0.2, 0.25) is 11.7 Å². The van der Waals surface area contributed by atoms with E-state index in [1.807, 2.05) is 43.0 Å². The van der Waals surface area contributed by atoms with Crippen molar-refractivity contribution in [3.63, 3.8) is 0 Å². The van der Waals surface area contributed by atoms with Crippen molar-refractivity contribution in [2.45, 2.75) is 19.9 Å². The lowest BCUT2D eigenvalue weighted by molar-refractivity contribution is 0.0551.